The lowest BCUT2D eigenvalue weighted by Crippen LogP contribution is -2.41. The summed E-state index contributed by atoms with van der Waals surface area (Å²) < 4.78 is 34.5. The number of rotatable bonds is 4. The van der Waals surface area contributed by atoms with Gasteiger partial charge >= 0.3 is 0 Å². The van der Waals surface area contributed by atoms with Crippen LogP contribution in [0.5, 0.6) is 0 Å². The van der Waals surface area contributed by atoms with E-state index < -0.39 is 10.0 Å². The fourth-order valence-corrected chi connectivity index (χ4v) is 4.69. The standard InChI is InChI=1S/C15H23N3O4S2/c19-13-2-1-5-16(10-13)12-17-11-14(3-4-15(17)23)24(20,21)18-6-8-22-9-7-18/h3-4,11,13,19H,1-2,5-10,12H2/t13-/m0/s1. The van der Waals surface area contributed by atoms with Crippen molar-refractivity contribution in [2.45, 2.75) is 30.5 Å². The van der Waals surface area contributed by atoms with Gasteiger partial charge in [0.2, 0.25) is 10.0 Å². The quantitative estimate of drug-likeness (QED) is 0.782. The number of β-amino-alcohol motifs (C(OH)–C–C–N with tert-alkyl or cyclic N) is 1. The second-order valence-electron chi connectivity index (χ2n) is 6.20. The number of morpholine rings is 1. The molecule has 0 radical (unpaired) electrons. The molecule has 2 aliphatic heterocycles. The van der Waals surface area contributed by atoms with Crippen LogP contribution in [0.1, 0.15) is 12.8 Å². The minimum atomic E-state index is -3.53. The molecular formula is C15H23N3O4S2. The van der Waals surface area contributed by atoms with Gasteiger partial charge in [0.15, 0.2) is 0 Å². The molecule has 1 aromatic rings. The van der Waals surface area contributed by atoms with E-state index in [0.717, 1.165) is 19.4 Å². The van der Waals surface area contributed by atoms with Crippen molar-refractivity contribution in [3.05, 3.63) is 23.0 Å². The molecule has 1 N–H and O–H groups in total. The number of hydrogen-bond donors (Lipinski definition) is 1. The van der Waals surface area contributed by atoms with E-state index >= 15 is 0 Å². The van der Waals surface area contributed by atoms with Gasteiger partial charge in [-0.1, -0.05) is 12.2 Å². The molecule has 7 nitrogen and oxygen atoms in total. The Morgan fingerprint density at radius 1 is 1.25 bits per heavy atom. The lowest BCUT2D eigenvalue weighted by Gasteiger charge is -2.31. The smallest absolute Gasteiger partial charge is 0.244 e. The summed E-state index contributed by atoms with van der Waals surface area (Å²) in [4.78, 5) is 2.34. The molecule has 9 heteroatoms. The van der Waals surface area contributed by atoms with Gasteiger partial charge < -0.3 is 14.4 Å². The summed E-state index contributed by atoms with van der Waals surface area (Å²) in [6, 6.07) is 3.22. The molecule has 0 aliphatic carbocycles. The van der Waals surface area contributed by atoms with E-state index in [1.54, 1.807) is 22.9 Å². The molecule has 1 atom stereocenters. The van der Waals surface area contributed by atoms with E-state index in [4.69, 9.17) is 17.0 Å². The molecule has 3 rings (SSSR count). The molecule has 1 aromatic heterocycles. The Balaban J connectivity index is 1.81. The number of ether oxygens (including phenoxy) is 1. The van der Waals surface area contributed by atoms with E-state index in [0.29, 0.717) is 44.2 Å². The molecule has 2 aliphatic rings. The molecule has 0 spiro atoms. The Kier molecular flexibility index (Phi) is 5.68. The van der Waals surface area contributed by atoms with Crippen LogP contribution in [0.2, 0.25) is 0 Å². The summed E-state index contributed by atoms with van der Waals surface area (Å²) in [6.07, 6.45) is 3.02. The molecule has 2 saturated heterocycles. The largest absolute Gasteiger partial charge is 0.392 e. The first-order valence-corrected chi connectivity index (χ1v) is 10.0. The highest BCUT2D eigenvalue weighted by atomic mass is 32.2. The minimum Gasteiger partial charge on any atom is -0.392 e. The number of nitrogens with zero attached hydrogens (tertiary/aromatic N) is 3. The van der Waals surface area contributed by atoms with Crippen LogP contribution < -0.4 is 0 Å². The summed E-state index contributed by atoms with van der Waals surface area (Å²) in [6.45, 7) is 3.53. The van der Waals surface area contributed by atoms with Crippen molar-refractivity contribution in [1.82, 2.24) is 13.8 Å². The van der Waals surface area contributed by atoms with E-state index in [1.807, 2.05) is 0 Å². The number of pyridine rings is 1. The van der Waals surface area contributed by atoms with Gasteiger partial charge in [-0.15, -0.1) is 0 Å². The predicted molar refractivity (Wildman–Crippen MR) is 91.7 cm³/mol. The van der Waals surface area contributed by atoms with Crippen LogP contribution in [-0.2, 0) is 21.4 Å². The van der Waals surface area contributed by atoms with Crippen LogP contribution >= 0.6 is 12.2 Å². The van der Waals surface area contributed by atoms with Crippen LogP contribution in [0.25, 0.3) is 0 Å². The Hall–Kier alpha value is -0.840. The third kappa shape index (κ3) is 4.04. The maximum atomic E-state index is 12.8. The molecule has 134 valence electrons. The average molecular weight is 374 g/mol. The second-order valence-corrected chi connectivity index (χ2v) is 8.56. The normalized spacial score (nSPS) is 24.1. The third-order valence-electron chi connectivity index (χ3n) is 4.40. The summed E-state index contributed by atoms with van der Waals surface area (Å²) in [5.74, 6) is 0. The van der Waals surface area contributed by atoms with E-state index in [2.05, 4.69) is 4.90 Å². The molecule has 0 aromatic carbocycles. The number of aromatic nitrogens is 1. The Labute approximate surface area is 147 Å². The van der Waals surface area contributed by atoms with Gasteiger partial charge in [-0.25, -0.2) is 8.42 Å². The predicted octanol–water partition coefficient (Wildman–Crippen LogP) is 0.653. The van der Waals surface area contributed by atoms with Gasteiger partial charge in [-0.05, 0) is 25.0 Å². The number of hydrogen-bond acceptors (Lipinski definition) is 6. The summed E-state index contributed by atoms with van der Waals surface area (Å²) in [5.41, 5.74) is 0. The van der Waals surface area contributed by atoms with Gasteiger partial charge in [-0.2, -0.15) is 4.31 Å². The molecule has 24 heavy (non-hydrogen) atoms. The van der Waals surface area contributed by atoms with Crippen LogP contribution in [0, 0.1) is 4.64 Å². The molecule has 0 amide bonds. The number of piperidine rings is 1. The topological polar surface area (TPSA) is 75.0 Å². The van der Waals surface area contributed by atoms with Crippen LogP contribution in [-0.4, -0.2) is 72.8 Å². The van der Waals surface area contributed by atoms with Crippen molar-refractivity contribution in [2.24, 2.45) is 0 Å². The molecule has 2 fully saturated rings. The molecule has 0 bridgehead atoms. The zero-order chi connectivity index (χ0) is 17.2. The first kappa shape index (κ1) is 18.0. The van der Waals surface area contributed by atoms with Gasteiger partial charge in [-0.3, -0.25) is 4.90 Å². The zero-order valence-electron chi connectivity index (χ0n) is 13.5. The Bertz CT molecular complexity index is 728. The van der Waals surface area contributed by atoms with Crippen LogP contribution in [0.3, 0.4) is 0 Å². The van der Waals surface area contributed by atoms with E-state index in [9.17, 15) is 13.5 Å². The summed E-state index contributed by atoms with van der Waals surface area (Å²) >= 11 is 5.33. The van der Waals surface area contributed by atoms with Crippen LogP contribution in [0.15, 0.2) is 23.2 Å². The lowest BCUT2D eigenvalue weighted by atomic mass is 10.1. The molecule has 3 heterocycles. The van der Waals surface area contributed by atoms with Gasteiger partial charge in [0.25, 0.3) is 0 Å². The van der Waals surface area contributed by atoms with Crippen molar-refractivity contribution in [3.63, 3.8) is 0 Å². The Morgan fingerprint density at radius 2 is 2.00 bits per heavy atom. The van der Waals surface area contributed by atoms with Crippen molar-refractivity contribution < 1.29 is 18.3 Å². The Morgan fingerprint density at radius 3 is 2.71 bits per heavy atom. The maximum absolute atomic E-state index is 12.8. The van der Waals surface area contributed by atoms with Gasteiger partial charge in [0.1, 0.15) is 4.64 Å². The zero-order valence-corrected chi connectivity index (χ0v) is 15.1. The third-order valence-corrected chi connectivity index (χ3v) is 6.65. The van der Waals surface area contributed by atoms with Crippen molar-refractivity contribution >= 4 is 22.2 Å². The highest BCUT2D eigenvalue weighted by Crippen LogP contribution is 2.18. The molecular weight excluding hydrogens is 350 g/mol. The number of aliphatic hydroxyl groups is 1. The maximum Gasteiger partial charge on any atom is 0.244 e. The van der Waals surface area contributed by atoms with Gasteiger partial charge in [0, 0.05) is 32.4 Å². The number of sulfonamides is 1. The summed E-state index contributed by atoms with van der Waals surface area (Å²) in [7, 11) is -3.53. The van der Waals surface area contributed by atoms with Crippen molar-refractivity contribution in [2.75, 3.05) is 39.4 Å². The van der Waals surface area contributed by atoms with Crippen molar-refractivity contribution in [1.29, 1.82) is 0 Å². The fourth-order valence-electron chi connectivity index (χ4n) is 3.08. The highest BCUT2D eigenvalue weighted by Gasteiger charge is 2.27. The second kappa shape index (κ2) is 7.59. The lowest BCUT2D eigenvalue weighted by molar-refractivity contribution is 0.0538. The first-order chi connectivity index (χ1) is 11.5. The number of aliphatic hydroxyl groups excluding tert-OH is 1. The SMILES string of the molecule is O=S(=O)(c1ccc(=S)n(CN2CCC[C@H](O)C2)c1)N1CCOCC1. The number of likely N-dealkylation sites (tertiary alicyclic amines) is 1. The van der Waals surface area contributed by atoms with Gasteiger partial charge in [0.05, 0.1) is 30.9 Å². The molecule has 0 unspecified atom stereocenters. The van der Waals surface area contributed by atoms with E-state index in [1.165, 1.54) is 4.31 Å². The fraction of sp³-hybridized carbons (Fsp3) is 0.667. The monoisotopic (exact) mass is 373 g/mol. The highest BCUT2D eigenvalue weighted by molar-refractivity contribution is 7.89. The average Bonchev–Trinajstić information content (AvgIpc) is 2.57. The molecule has 0 saturated carbocycles. The minimum absolute atomic E-state index is 0.246. The van der Waals surface area contributed by atoms with Crippen LogP contribution in [0.4, 0.5) is 0 Å². The summed E-state index contributed by atoms with van der Waals surface area (Å²) in [5, 5.41) is 9.79. The van der Waals surface area contributed by atoms with Crippen molar-refractivity contribution in [3.8, 4) is 0 Å². The van der Waals surface area contributed by atoms with E-state index in [-0.39, 0.29) is 11.0 Å². The first-order valence-electron chi connectivity index (χ1n) is 8.15.